The number of hydrogen-bond acceptors (Lipinski definition) is 3. The van der Waals surface area contributed by atoms with Crippen LogP contribution >= 0.6 is 0 Å². The van der Waals surface area contributed by atoms with Gasteiger partial charge in [0.15, 0.2) is 0 Å². The van der Waals surface area contributed by atoms with Crippen LogP contribution in [0.4, 0.5) is 13.2 Å². The highest BCUT2D eigenvalue weighted by Gasteiger charge is 2.34. The Balaban J connectivity index is 2.24. The molecule has 2 rings (SSSR count). The van der Waals surface area contributed by atoms with Crippen LogP contribution in [0.15, 0.2) is 36.7 Å². The van der Waals surface area contributed by atoms with E-state index in [4.69, 9.17) is 4.74 Å². The summed E-state index contributed by atoms with van der Waals surface area (Å²) >= 11 is 0. The summed E-state index contributed by atoms with van der Waals surface area (Å²) in [4.78, 5) is 11.8. The monoisotopic (exact) mass is 284 g/mol. The number of nitrogens with zero attached hydrogens (tertiary/aromatic N) is 2. The molecule has 0 saturated heterocycles. The predicted octanol–water partition coefficient (Wildman–Crippen LogP) is 3.14. The first-order valence-corrected chi connectivity index (χ1v) is 5.82. The van der Waals surface area contributed by atoms with Crippen LogP contribution in [0.25, 0.3) is 0 Å². The van der Waals surface area contributed by atoms with Gasteiger partial charge in [-0.15, -0.1) is 0 Å². The fraction of sp³-hybridized carbons (Fsp3) is 0.231. The van der Waals surface area contributed by atoms with Crippen molar-refractivity contribution in [1.82, 2.24) is 9.78 Å². The Morgan fingerprint density at radius 1 is 1.35 bits per heavy atom. The molecule has 1 aromatic carbocycles. The zero-order valence-electron chi connectivity index (χ0n) is 10.5. The van der Waals surface area contributed by atoms with Gasteiger partial charge in [-0.2, -0.15) is 18.3 Å². The molecule has 2 aromatic rings. The summed E-state index contributed by atoms with van der Waals surface area (Å²) in [6.07, 6.45) is -1.91. The van der Waals surface area contributed by atoms with Gasteiger partial charge in [-0.05, 0) is 19.1 Å². The molecule has 0 unspecified atom stereocenters. The second kappa shape index (κ2) is 5.36. The van der Waals surface area contributed by atoms with E-state index in [1.807, 2.05) is 6.92 Å². The third-order valence-electron chi connectivity index (χ3n) is 2.59. The Morgan fingerprint density at radius 3 is 2.65 bits per heavy atom. The van der Waals surface area contributed by atoms with E-state index in [1.54, 1.807) is 0 Å². The molecule has 0 atom stereocenters. The van der Waals surface area contributed by atoms with Gasteiger partial charge < -0.3 is 4.74 Å². The van der Waals surface area contributed by atoms with Gasteiger partial charge >= 0.3 is 12.1 Å². The van der Waals surface area contributed by atoms with Crippen molar-refractivity contribution in [2.45, 2.75) is 19.6 Å². The Labute approximate surface area is 112 Å². The number of carbonyl (C=O) groups is 1. The smallest absolute Gasteiger partial charge is 0.419 e. The van der Waals surface area contributed by atoms with E-state index in [0.717, 1.165) is 12.1 Å². The fourth-order valence-electron chi connectivity index (χ4n) is 1.59. The standard InChI is InChI=1S/C13H11F3N2O2/c1-2-18-8-9(7-17-18)12(19)20-11-6-4-3-5-10(11)13(14,15)16/h3-8H,2H2,1H3. The van der Waals surface area contributed by atoms with Gasteiger partial charge in [-0.3, -0.25) is 4.68 Å². The molecule has 7 heteroatoms. The second-order valence-electron chi connectivity index (χ2n) is 3.97. The molecule has 0 fully saturated rings. The molecule has 0 aliphatic rings. The molecular formula is C13H11F3N2O2. The number of aromatic nitrogens is 2. The Bertz CT molecular complexity index is 620. The quantitative estimate of drug-likeness (QED) is 0.642. The number of ether oxygens (including phenoxy) is 1. The largest absolute Gasteiger partial charge is 0.422 e. The van der Waals surface area contributed by atoms with Gasteiger partial charge in [0.1, 0.15) is 5.75 Å². The first-order chi connectivity index (χ1) is 9.41. The van der Waals surface area contributed by atoms with Gasteiger partial charge in [0.2, 0.25) is 0 Å². The Morgan fingerprint density at radius 2 is 2.05 bits per heavy atom. The molecule has 4 nitrogen and oxygen atoms in total. The highest BCUT2D eigenvalue weighted by molar-refractivity contribution is 5.90. The van der Waals surface area contributed by atoms with Crippen LogP contribution in [0.3, 0.4) is 0 Å². The number of rotatable bonds is 3. The van der Waals surface area contributed by atoms with Crippen molar-refractivity contribution in [2.75, 3.05) is 0 Å². The van der Waals surface area contributed by atoms with Crippen molar-refractivity contribution in [2.24, 2.45) is 0 Å². The van der Waals surface area contributed by atoms with Crippen LogP contribution in [0.1, 0.15) is 22.8 Å². The summed E-state index contributed by atoms with van der Waals surface area (Å²) in [5.74, 6) is -1.39. The van der Waals surface area contributed by atoms with E-state index in [2.05, 4.69) is 5.10 Å². The number of alkyl halides is 3. The number of benzene rings is 1. The first kappa shape index (κ1) is 14.1. The molecule has 0 spiro atoms. The Kier molecular flexibility index (Phi) is 3.78. The average molecular weight is 284 g/mol. The van der Waals surface area contributed by atoms with Crippen LogP contribution < -0.4 is 4.74 Å². The van der Waals surface area contributed by atoms with Crippen LogP contribution in [0, 0.1) is 0 Å². The number of para-hydroxylation sites is 1. The minimum atomic E-state index is -4.58. The van der Waals surface area contributed by atoms with Gasteiger partial charge in [0, 0.05) is 12.7 Å². The van der Waals surface area contributed by atoms with Gasteiger partial charge in [0.25, 0.3) is 0 Å². The van der Waals surface area contributed by atoms with Crippen molar-refractivity contribution >= 4 is 5.97 Å². The van der Waals surface area contributed by atoms with E-state index >= 15 is 0 Å². The summed E-state index contributed by atoms with van der Waals surface area (Å²) in [6, 6.07) is 4.56. The molecule has 0 aliphatic heterocycles. The first-order valence-electron chi connectivity index (χ1n) is 5.82. The number of esters is 1. The number of hydrogen-bond donors (Lipinski definition) is 0. The number of aryl methyl sites for hydroxylation is 1. The highest BCUT2D eigenvalue weighted by Crippen LogP contribution is 2.36. The van der Waals surface area contributed by atoms with E-state index in [1.165, 1.54) is 29.2 Å². The van der Waals surface area contributed by atoms with Crippen molar-refractivity contribution in [1.29, 1.82) is 0 Å². The minimum absolute atomic E-state index is 0.101. The second-order valence-corrected chi connectivity index (χ2v) is 3.97. The predicted molar refractivity (Wildman–Crippen MR) is 64.3 cm³/mol. The number of halogens is 3. The summed E-state index contributed by atoms with van der Waals surface area (Å²) in [5, 5.41) is 3.86. The zero-order valence-corrected chi connectivity index (χ0v) is 10.5. The normalized spacial score (nSPS) is 11.4. The third-order valence-corrected chi connectivity index (χ3v) is 2.59. The van der Waals surface area contributed by atoms with E-state index in [9.17, 15) is 18.0 Å². The topological polar surface area (TPSA) is 44.1 Å². The van der Waals surface area contributed by atoms with Crippen LogP contribution in [0.2, 0.25) is 0 Å². The van der Waals surface area contributed by atoms with Crippen molar-refractivity contribution in [3.05, 3.63) is 47.8 Å². The molecule has 20 heavy (non-hydrogen) atoms. The van der Waals surface area contributed by atoms with Crippen molar-refractivity contribution in [3.63, 3.8) is 0 Å². The zero-order chi connectivity index (χ0) is 14.8. The molecule has 0 bridgehead atoms. The van der Waals surface area contributed by atoms with Crippen LogP contribution in [0.5, 0.6) is 5.75 Å². The van der Waals surface area contributed by atoms with Crippen molar-refractivity contribution < 1.29 is 22.7 Å². The van der Waals surface area contributed by atoms with Crippen molar-refractivity contribution in [3.8, 4) is 5.75 Å². The molecule has 0 radical (unpaired) electrons. The van der Waals surface area contributed by atoms with Gasteiger partial charge in [-0.1, -0.05) is 12.1 Å². The fourth-order valence-corrected chi connectivity index (χ4v) is 1.59. The molecule has 0 amide bonds. The molecule has 0 aliphatic carbocycles. The lowest BCUT2D eigenvalue weighted by Gasteiger charge is -2.11. The molecule has 0 N–H and O–H groups in total. The van der Waals surface area contributed by atoms with E-state index in [0.29, 0.717) is 6.54 Å². The van der Waals surface area contributed by atoms with E-state index in [-0.39, 0.29) is 5.56 Å². The molecule has 0 saturated carbocycles. The highest BCUT2D eigenvalue weighted by atomic mass is 19.4. The van der Waals surface area contributed by atoms with E-state index < -0.39 is 23.5 Å². The maximum absolute atomic E-state index is 12.8. The lowest BCUT2D eigenvalue weighted by atomic mass is 10.2. The van der Waals surface area contributed by atoms with Crippen LogP contribution in [-0.4, -0.2) is 15.7 Å². The maximum atomic E-state index is 12.8. The Hall–Kier alpha value is -2.31. The summed E-state index contributed by atoms with van der Waals surface area (Å²) in [6.45, 7) is 2.37. The molecule has 1 heterocycles. The lowest BCUT2D eigenvalue weighted by Crippen LogP contribution is -2.13. The summed E-state index contributed by atoms with van der Waals surface area (Å²) in [7, 11) is 0. The molecule has 1 aromatic heterocycles. The third kappa shape index (κ3) is 2.98. The lowest BCUT2D eigenvalue weighted by molar-refractivity contribution is -0.138. The molecule has 106 valence electrons. The van der Waals surface area contributed by atoms with Gasteiger partial charge in [0.05, 0.1) is 17.3 Å². The SMILES string of the molecule is CCn1cc(C(=O)Oc2ccccc2C(F)(F)F)cn1. The van der Waals surface area contributed by atoms with Crippen LogP contribution in [-0.2, 0) is 12.7 Å². The summed E-state index contributed by atoms with van der Waals surface area (Å²) < 4.78 is 44.5. The van der Waals surface area contributed by atoms with Gasteiger partial charge in [-0.25, -0.2) is 4.79 Å². The maximum Gasteiger partial charge on any atom is 0.419 e. The average Bonchev–Trinajstić information content (AvgIpc) is 2.87. The number of carbonyl (C=O) groups excluding carboxylic acids is 1. The molecular weight excluding hydrogens is 273 g/mol. The minimum Gasteiger partial charge on any atom is -0.422 e. The summed E-state index contributed by atoms with van der Waals surface area (Å²) in [5.41, 5.74) is -0.889.